The lowest BCUT2D eigenvalue weighted by Gasteiger charge is -2.31. The zero-order valence-corrected chi connectivity index (χ0v) is 14.5. The molecule has 1 N–H and O–H groups in total. The molecular weight excluding hydrogens is 330 g/mol. The maximum Gasteiger partial charge on any atom is 0.351 e. The van der Waals surface area contributed by atoms with Gasteiger partial charge in [-0.1, -0.05) is 26.2 Å². The smallest absolute Gasteiger partial charge is 0.351 e. The molecule has 1 saturated carbocycles. The summed E-state index contributed by atoms with van der Waals surface area (Å²) in [6, 6.07) is 3.06. The van der Waals surface area contributed by atoms with Gasteiger partial charge in [0.15, 0.2) is 5.58 Å². The lowest BCUT2D eigenvalue weighted by Crippen LogP contribution is -2.35. The SMILES string of the molecule is COC(=O)c1cc2sc(NC(=O)C3(C)CCCCC3)cc2oc1=O. The van der Waals surface area contributed by atoms with Crippen molar-refractivity contribution in [3.05, 3.63) is 28.1 Å². The number of thiophene rings is 1. The number of nitrogens with one attached hydrogen (secondary N) is 1. The van der Waals surface area contributed by atoms with E-state index < -0.39 is 11.6 Å². The first-order valence-electron chi connectivity index (χ1n) is 7.90. The quantitative estimate of drug-likeness (QED) is 0.857. The summed E-state index contributed by atoms with van der Waals surface area (Å²) in [6.07, 6.45) is 5.06. The van der Waals surface area contributed by atoms with Crippen LogP contribution in [0.2, 0.25) is 0 Å². The van der Waals surface area contributed by atoms with Crippen LogP contribution >= 0.6 is 11.3 Å². The number of hydrogen-bond donors (Lipinski definition) is 1. The molecule has 0 bridgehead atoms. The number of carbonyl (C=O) groups is 2. The van der Waals surface area contributed by atoms with Crippen molar-refractivity contribution in [1.29, 1.82) is 0 Å². The van der Waals surface area contributed by atoms with Crippen LogP contribution in [0.4, 0.5) is 5.00 Å². The van der Waals surface area contributed by atoms with E-state index in [9.17, 15) is 14.4 Å². The zero-order chi connectivity index (χ0) is 17.3. The molecule has 1 fully saturated rings. The standard InChI is InChI=1S/C17H19NO5S/c1-17(6-4-3-5-7-17)16(21)18-13-9-11-12(24-13)8-10(14(19)22-2)15(20)23-11/h8-9H,3-7H2,1-2H3,(H,18,21). The third-order valence-electron chi connectivity index (χ3n) is 4.57. The Bertz CT molecular complexity index is 844. The number of amides is 1. The number of carbonyl (C=O) groups excluding carboxylic acids is 2. The normalized spacial score (nSPS) is 16.8. The molecule has 0 radical (unpaired) electrons. The van der Waals surface area contributed by atoms with Gasteiger partial charge in [-0.3, -0.25) is 4.79 Å². The summed E-state index contributed by atoms with van der Waals surface area (Å²) < 4.78 is 10.3. The van der Waals surface area contributed by atoms with Gasteiger partial charge in [0.25, 0.3) is 0 Å². The van der Waals surface area contributed by atoms with E-state index in [0.717, 1.165) is 25.7 Å². The average Bonchev–Trinajstić information content (AvgIpc) is 2.95. The van der Waals surface area contributed by atoms with Crippen LogP contribution in [0, 0.1) is 5.41 Å². The fourth-order valence-electron chi connectivity index (χ4n) is 3.05. The van der Waals surface area contributed by atoms with Crippen LogP contribution < -0.4 is 10.9 Å². The van der Waals surface area contributed by atoms with Gasteiger partial charge in [0, 0.05) is 11.5 Å². The van der Waals surface area contributed by atoms with Crippen LogP contribution in [0.15, 0.2) is 21.3 Å². The van der Waals surface area contributed by atoms with Gasteiger partial charge in [-0.25, -0.2) is 9.59 Å². The van der Waals surface area contributed by atoms with Gasteiger partial charge in [0.2, 0.25) is 5.91 Å². The van der Waals surface area contributed by atoms with E-state index in [0.29, 0.717) is 15.3 Å². The van der Waals surface area contributed by atoms with Crippen LogP contribution in [0.3, 0.4) is 0 Å². The Labute approximate surface area is 142 Å². The Kier molecular flexibility index (Phi) is 4.45. The maximum atomic E-state index is 12.6. The summed E-state index contributed by atoms with van der Waals surface area (Å²) >= 11 is 1.27. The molecule has 0 atom stereocenters. The first-order chi connectivity index (χ1) is 11.4. The first kappa shape index (κ1) is 16.7. The van der Waals surface area contributed by atoms with Crippen LogP contribution in [-0.2, 0) is 9.53 Å². The molecule has 3 rings (SSSR count). The molecule has 1 aliphatic carbocycles. The predicted octanol–water partition coefficient (Wildman–Crippen LogP) is 3.55. The average molecular weight is 349 g/mol. The molecule has 1 amide bonds. The van der Waals surface area contributed by atoms with E-state index in [-0.39, 0.29) is 16.9 Å². The van der Waals surface area contributed by atoms with Crippen molar-refractivity contribution in [2.45, 2.75) is 39.0 Å². The van der Waals surface area contributed by atoms with Gasteiger partial charge in [-0.2, -0.15) is 0 Å². The molecule has 2 heterocycles. The molecule has 0 spiro atoms. The highest BCUT2D eigenvalue weighted by molar-refractivity contribution is 7.22. The maximum absolute atomic E-state index is 12.6. The number of ether oxygens (including phenoxy) is 1. The van der Waals surface area contributed by atoms with Gasteiger partial charge in [0.05, 0.1) is 16.8 Å². The number of methoxy groups -OCH3 is 1. The molecule has 128 valence electrons. The topological polar surface area (TPSA) is 85.6 Å². The third kappa shape index (κ3) is 3.08. The number of fused-ring (bicyclic) bond motifs is 1. The minimum absolute atomic E-state index is 0.00991. The third-order valence-corrected chi connectivity index (χ3v) is 5.55. The molecule has 1 aliphatic rings. The molecule has 0 saturated heterocycles. The lowest BCUT2D eigenvalue weighted by molar-refractivity contribution is -0.126. The van der Waals surface area contributed by atoms with Crippen molar-refractivity contribution in [1.82, 2.24) is 0 Å². The van der Waals surface area contributed by atoms with Crippen LogP contribution in [0.25, 0.3) is 10.3 Å². The molecular formula is C17H19NO5S. The minimum Gasteiger partial charge on any atom is -0.465 e. The summed E-state index contributed by atoms with van der Waals surface area (Å²) in [5.74, 6) is -0.747. The monoisotopic (exact) mass is 349 g/mol. The Hall–Kier alpha value is -2.15. The van der Waals surface area contributed by atoms with Crippen molar-refractivity contribution in [3.63, 3.8) is 0 Å². The highest BCUT2D eigenvalue weighted by atomic mass is 32.1. The van der Waals surface area contributed by atoms with Crippen LogP contribution in [0.1, 0.15) is 49.4 Å². The van der Waals surface area contributed by atoms with Gasteiger partial charge in [0.1, 0.15) is 5.56 Å². The van der Waals surface area contributed by atoms with Crippen molar-refractivity contribution in [3.8, 4) is 0 Å². The largest absolute Gasteiger partial charge is 0.465 e. The van der Waals surface area contributed by atoms with E-state index in [1.54, 1.807) is 6.07 Å². The van der Waals surface area contributed by atoms with Gasteiger partial charge in [-0.05, 0) is 18.9 Å². The van der Waals surface area contributed by atoms with Crippen LogP contribution in [0.5, 0.6) is 0 Å². The molecule has 24 heavy (non-hydrogen) atoms. The summed E-state index contributed by atoms with van der Waals surface area (Å²) in [7, 11) is 1.21. The second-order valence-corrected chi connectivity index (χ2v) is 7.44. The van der Waals surface area contributed by atoms with Crippen molar-refractivity contribution >= 4 is 38.5 Å². The van der Waals surface area contributed by atoms with E-state index in [4.69, 9.17) is 4.42 Å². The highest BCUT2D eigenvalue weighted by Gasteiger charge is 2.34. The van der Waals surface area contributed by atoms with Crippen molar-refractivity contribution in [2.24, 2.45) is 5.41 Å². The first-order valence-corrected chi connectivity index (χ1v) is 8.72. The summed E-state index contributed by atoms with van der Waals surface area (Å²) in [5, 5.41) is 3.53. The molecule has 0 aromatic carbocycles. The Morgan fingerprint density at radius 3 is 2.62 bits per heavy atom. The second kappa shape index (κ2) is 6.39. The molecule has 2 aromatic rings. The molecule has 0 unspecified atom stereocenters. The highest BCUT2D eigenvalue weighted by Crippen LogP contribution is 2.38. The fourth-order valence-corrected chi connectivity index (χ4v) is 3.97. The van der Waals surface area contributed by atoms with E-state index in [1.807, 2.05) is 6.92 Å². The van der Waals surface area contributed by atoms with Gasteiger partial charge in [-0.15, -0.1) is 11.3 Å². The van der Waals surface area contributed by atoms with E-state index in [1.165, 1.54) is 30.9 Å². The number of hydrogen-bond acceptors (Lipinski definition) is 6. The second-order valence-electron chi connectivity index (χ2n) is 6.35. The Morgan fingerprint density at radius 1 is 1.25 bits per heavy atom. The summed E-state index contributed by atoms with van der Waals surface area (Å²) in [5.41, 5.74) is -0.901. The Balaban J connectivity index is 1.87. The number of rotatable bonds is 3. The predicted molar refractivity (Wildman–Crippen MR) is 91.5 cm³/mol. The molecule has 7 heteroatoms. The summed E-state index contributed by atoms with van der Waals surface area (Å²) in [4.78, 5) is 36.0. The fraction of sp³-hybridized carbons (Fsp3) is 0.471. The molecule has 6 nitrogen and oxygen atoms in total. The van der Waals surface area contributed by atoms with Crippen molar-refractivity contribution in [2.75, 3.05) is 12.4 Å². The van der Waals surface area contributed by atoms with Crippen LogP contribution in [-0.4, -0.2) is 19.0 Å². The summed E-state index contributed by atoms with van der Waals surface area (Å²) in [6.45, 7) is 1.99. The van der Waals surface area contributed by atoms with E-state index >= 15 is 0 Å². The van der Waals surface area contributed by atoms with E-state index in [2.05, 4.69) is 10.1 Å². The lowest BCUT2D eigenvalue weighted by atomic mass is 9.75. The Morgan fingerprint density at radius 2 is 1.96 bits per heavy atom. The molecule has 0 aliphatic heterocycles. The number of anilines is 1. The van der Waals surface area contributed by atoms with Gasteiger partial charge < -0.3 is 14.5 Å². The molecule has 2 aromatic heterocycles. The number of esters is 1. The zero-order valence-electron chi connectivity index (χ0n) is 13.6. The van der Waals surface area contributed by atoms with Gasteiger partial charge >= 0.3 is 11.6 Å². The van der Waals surface area contributed by atoms with Crippen molar-refractivity contribution < 1.29 is 18.7 Å². The minimum atomic E-state index is -0.746.